The maximum absolute atomic E-state index is 13.1. The first kappa shape index (κ1) is 17.1. The van der Waals surface area contributed by atoms with E-state index >= 15 is 0 Å². The predicted octanol–water partition coefficient (Wildman–Crippen LogP) is 4.76. The summed E-state index contributed by atoms with van der Waals surface area (Å²) in [6.45, 7) is -0.691. The van der Waals surface area contributed by atoms with Crippen LogP contribution in [0.4, 0.5) is 26.3 Å². The van der Waals surface area contributed by atoms with E-state index in [0.717, 1.165) is 30.3 Å². The van der Waals surface area contributed by atoms with Gasteiger partial charge in [0, 0.05) is 0 Å². The number of hydrogen-bond donors (Lipinski definition) is 1. The molecular weight excluding hydrogens is 326 g/mol. The number of benzene rings is 2. The van der Waals surface area contributed by atoms with Crippen LogP contribution in [0.25, 0.3) is 11.1 Å². The van der Waals surface area contributed by atoms with Crippen molar-refractivity contribution in [1.82, 2.24) is 0 Å². The lowest BCUT2D eigenvalue weighted by molar-refractivity contribution is -0.274. The zero-order valence-electron chi connectivity index (χ0n) is 11.4. The summed E-state index contributed by atoms with van der Waals surface area (Å²) in [6, 6.07) is 7.36. The highest BCUT2D eigenvalue weighted by molar-refractivity contribution is 5.72. The number of aliphatic hydroxyl groups is 1. The lowest BCUT2D eigenvalue weighted by Crippen LogP contribution is -2.17. The Hall–Kier alpha value is -2.22. The van der Waals surface area contributed by atoms with Crippen LogP contribution < -0.4 is 4.74 Å². The molecule has 0 saturated heterocycles. The predicted molar refractivity (Wildman–Crippen MR) is 69.5 cm³/mol. The number of ether oxygens (including phenoxy) is 1. The van der Waals surface area contributed by atoms with Gasteiger partial charge in [0.2, 0.25) is 0 Å². The molecule has 23 heavy (non-hydrogen) atoms. The molecule has 0 aliphatic carbocycles. The molecule has 0 saturated carbocycles. The smallest absolute Gasteiger partial charge is 0.406 e. The lowest BCUT2D eigenvalue weighted by atomic mass is 9.94. The van der Waals surface area contributed by atoms with Crippen LogP contribution in [-0.2, 0) is 12.8 Å². The van der Waals surface area contributed by atoms with Crippen molar-refractivity contribution in [3.63, 3.8) is 0 Å². The minimum absolute atomic E-state index is 0.0519. The zero-order valence-corrected chi connectivity index (χ0v) is 11.4. The number of alkyl halides is 6. The minimum Gasteiger partial charge on any atom is -0.406 e. The summed E-state index contributed by atoms with van der Waals surface area (Å²) >= 11 is 0. The van der Waals surface area contributed by atoms with E-state index in [0.29, 0.717) is 0 Å². The molecule has 1 N–H and O–H groups in total. The van der Waals surface area contributed by atoms with E-state index in [4.69, 9.17) is 0 Å². The molecule has 2 aromatic rings. The molecule has 0 aliphatic rings. The molecule has 0 aromatic heterocycles. The third-order valence-electron chi connectivity index (χ3n) is 2.98. The third kappa shape index (κ3) is 4.16. The average molecular weight is 336 g/mol. The first-order valence-electron chi connectivity index (χ1n) is 6.28. The summed E-state index contributed by atoms with van der Waals surface area (Å²) in [5.74, 6) is -0.643. The molecule has 0 aliphatic heterocycles. The van der Waals surface area contributed by atoms with Crippen molar-refractivity contribution in [2.24, 2.45) is 0 Å². The second-order valence-corrected chi connectivity index (χ2v) is 4.57. The molecule has 124 valence electrons. The Balaban J connectivity index is 2.60. The molecule has 0 radical (unpaired) electrons. The number of hydrogen-bond acceptors (Lipinski definition) is 2. The molecule has 0 atom stereocenters. The Morgan fingerprint density at radius 3 is 2.13 bits per heavy atom. The van der Waals surface area contributed by atoms with Gasteiger partial charge in [-0.05, 0) is 34.9 Å². The fourth-order valence-corrected chi connectivity index (χ4v) is 2.16. The van der Waals surface area contributed by atoms with Crippen molar-refractivity contribution in [1.29, 1.82) is 0 Å². The first-order chi connectivity index (χ1) is 10.6. The summed E-state index contributed by atoms with van der Waals surface area (Å²) in [5, 5.41) is 9.25. The van der Waals surface area contributed by atoms with Crippen LogP contribution >= 0.6 is 0 Å². The molecule has 0 unspecified atom stereocenters. The van der Waals surface area contributed by atoms with Crippen LogP contribution in [0.2, 0.25) is 0 Å². The molecule has 0 spiro atoms. The van der Waals surface area contributed by atoms with E-state index in [1.54, 1.807) is 0 Å². The highest BCUT2D eigenvalue weighted by Crippen LogP contribution is 2.40. The van der Waals surface area contributed by atoms with Crippen LogP contribution in [0, 0.1) is 0 Å². The maximum Gasteiger partial charge on any atom is 0.573 e. The second-order valence-electron chi connectivity index (χ2n) is 4.57. The number of halogens is 6. The summed E-state index contributed by atoms with van der Waals surface area (Å²) in [6.07, 6.45) is -9.68. The van der Waals surface area contributed by atoms with Gasteiger partial charge in [-0.15, -0.1) is 13.2 Å². The fourth-order valence-electron chi connectivity index (χ4n) is 2.16. The van der Waals surface area contributed by atoms with Gasteiger partial charge >= 0.3 is 12.5 Å². The van der Waals surface area contributed by atoms with Gasteiger partial charge in [-0.1, -0.05) is 24.3 Å². The van der Waals surface area contributed by atoms with E-state index in [-0.39, 0.29) is 16.7 Å². The van der Waals surface area contributed by atoms with E-state index in [2.05, 4.69) is 4.74 Å². The summed E-state index contributed by atoms with van der Waals surface area (Å²) in [5.41, 5.74) is -1.61. The normalized spacial score (nSPS) is 12.3. The Bertz CT molecular complexity index is 691. The Morgan fingerprint density at radius 2 is 1.57 bits per heavy atom. The molecule has 2 rings (SSSR count). The molecule has 8 heteroatoms. The van der Waals surface area contributed by atoms with Crippen molar-refractivity contribution in [2.45, 2.75) is 19.1 Å². The van der Waals surface area contributed by atoms with Crippen molar-refractivity contribution in [3.8, 4) is 16.9 Å². The molecule has 0 bridgehead atoms. The molecule has 0 heterocycles. The van der Waals surface area contributed by atoms with Crippen molar-refractivity contribution < 1.29 is 36.2 Å². The Kier molecular flexibility index (Phi) is 4.56. The van der Waals surface area contributed by atoms with Crippen LogP contribution in [0.15, 0.2) is 42.5 Å². The van der Waals surface area contributed by atoms with E-state index < -0.39 is 30.5 Å². The van der Waals surface area contributed by atoms with Gasteiger partial charge in [-0.2, -0.15) is 13.2 Å². The van der Waals surface area contributed by atoms with Gasteiger partial charge in [0.05, 0.1) is 12.2 Å². The molecular formula is C15H10F6O2. The van der Waals surface area contributed by atoms with Crippen LogP contribution in [-0.4, -0.2) is 11.5 Å². The molecule has 2 aromatic carbocycles. The summed E-state index contributed by atoms with van der Waals surface area (Å²) in [4.78, 5) is 0. The number of aliphatic hydroxyl groups excluding tert-OH is 1. The van der Waals surface area contributed by atoms with Crippen LogP contribution in [0.3, 0.4) is 0 Å². The van der Waals surface area contributed by atoms with E-state index in [9.17, 15) is 31.4 Å². The molecule has 0 fully saturated rings. The Labute approximate surface area is 126 Å². The van der Waals surface area contributed by atoms with E-state index in [1.165, 1.54) is 12.1 Å². The van der Waals surface area contributed by atoms with Crippen molar-refractivity contribution in [3.05, 3.63) is 53.6 Å². The van der Waals surface area contributed by atoms with Crippen LogP contribution in [0.5, 0.6) is 5.75 Å². The topological polar surface area (TPSA) is 29.5 Å². The standard InChI is InChI=1S/C15H10F6O2/c16-14(17,18)12-6-2-4-10(8-22)13(12)9-3-1-5-11(7-9)23-15(19,20)21/h1-7,22H,8H2. The fraction of sp³-hybridized carbons (Fsp3) is 0.200. The first-order valence-corrected chi connectivity index (χ1v) is 6.28. The molecule has 0 amide bonds. The highest BCUT2D eigenvalue weighted by Gasteiger charge is 2.35. The van der Waals surface area contributed by atoms with Gasteiger partial charge in [0.15, 0.2) is 0 Å². The summed E-state index contributed by atoms with van der Waals surface area (Å²) in [7, 11) is 0. The van der Waals surface area contributed by atoms with Crippen molar-refractivity contribution in [2.75, 3.05) is 0 Å². The SMILES string of the molecule is OCc1cccc(C(F)(F)F)c1-c1cccc(OC(F)(F)F)c1. The van der Waals surface area contributed by atoms with Gasteiger partial charge in [-0.3, -0.25) is 0 Å². The molecule has 2 nitrogen and oxygen atoms in total. The quantitative estimate of drug-likeness (QED) is 0.819. The average Bonchev–Trinajstić information content (AvgIpc) is 2.44. The second kappa shape index (κ2) is 6.11. The zero-order chi connectivity index (χ0) is 17.3. The Morgan fingerprint density at radius 1 is 0.913 bits per heavy atom. The maximum atomic E-state index is 13.1. The lowest BCUT2D eigenvalue weighted by Gasteiger charge is -2.17. The largest absolute Gasteiger partial charge is 0.573 e. The minimum atomic E-state index is -4.96. The van der Waals surface area contributed by atoms with Crippen LogP contribution in [0.1, 0.15) is 11.1 Å². The van der Waals surface area contributed by atoms with E-state index in [1.807, 2.05) is 0 Å². The van der Waals surface area contributed by atoms with Gasteiger partial charge in [0.25, 0.3) is 0 Å². The van der Waals surface area contributed by atoms with Gasteiger partial charge in [0.1, 0.15) is 5.75 Å². The van der Waals surface area contributed by atoms with Gasteiger partial charge in [-0.25, -0.2) is 0 Å². The summed E-state index contributed by atoms with van der Waals surface area (Å²) < 4.78 is 79.8. The van der Waals surface area contributed by atoms with Crippen molar-refractivity contribution >= 4 is 0 Å². The number of rotatable bonds is 3. The van der Waals surface area contributed by atoms with Gasteiger partial charge < -0.3 is 9.84 Å². The highest BCUT2D eigenvalue weighted by atomic mass is 19.4. The third-order valence-corrected chi connectivity index (χ3v) is 2.98. The monoisotopic (exact) mass is 336 g/mol.